The molecule has 0 saturated carbocycles. The zero-order valence-electron chi connectivity index (χ0n) is 10.5. The van der Waals surface area contributed by atoms with Gasteiger partial charge in [-0.1, -0.05) is 36.2 Å². The van der Waals surface area contributed by atoms with Crippen LogP contribution in [0.5, 0.6) is 0 Å². The lowest BCUT2D eigenvalue weighted by Gasteiger charge is -2.13. The van der Waals surface area contributed by atoms with E-state index in [2.05, 4.69) is 45.2 Å². The zero-order chi connectivity index (χ0) is 12.1. The van der Waals surface area contributed by atoms with Crippen LogP contribution in [0, 0.1) is 6.92 Å². The van der Waals surface area contributed by atoms with E-state index in [9.17, 15) is 0 Å². The number of halogens is 1. The van der Waals surface area contributed by atoms with Crippen molar-refractivity contribution in [3.63, 3.8) is 0 Å². The van der Waals surface area contributed by atoms with Gasteiger partial charge in [0, 0.05) is 11.1 Å². The quantitative estimate of drug-likeness (QED) is 0.833. The van der Waals surface area contributed by atoms with E-state index in [1.807, 2.05) is 12.1 Å². The molecule has 0 aliphatic carbocycles. The monoisotopic (exact) mass is 237 g/mol. The van der Waals surface area contributed by atoms with Gasteiger partial charge in [0.05, 0.1) is 0 Å². The molecule has 1 aromatic rings. The number of hydrogen-bond donors (Lipinski definition) is 1. The van der Waals surface area contributed by atoms with Crippen LogP contribution in [0.25, 0.3) is 6.08 Å². The van der Waals surface area contributed by atoms with Crippen molar-refractivity contribution in [3.05, 3.63) is 39.9 Å². The van der Waals surface area contributed by atoms with Crippen LogP contribution < -0.4 is 5.32 Å². The highest BCUT2D eigenvalue weighted by Crippen LogP contribution is 2.18. The van der Waals surface area contributed by atoms with E-state index in [-0.39, 0.29) is 0 Å². The van der Waals surface area contributed by atoms with E-state index in [4.69, 9.17) is 11.6 Å². The van der Waals surface area contributed by atoms with Gasteiger partial charge in [-0.3, -0.25) is 0 Å². The molecular weight excluding hydrogens is 218 g/mol. The maximum absolute atomic E-state index is 5.93. The smallest absolute Gasteiger partial charge is 0.0409 e. The second-order valence-electron chi connectivity index (χ2n) is 4.17. The van der Waals surface area contributed by atoms with E-state index in [0.717, 1.165) is 11.6 Å². The highest BCUT2D eigenvalue weighted by molar-refractivity contribution is 6.30. The number of nitrogens with one attached hydrogen (secondary N) is 1. The van der Waals surface area contributed by atoms with Crippen molar-refractivity contribution in [1.29, 1.82) is 0 Å². The molecule has 0 heterocycles. The summed E-state index contributed by atoms with van der Waals surface area (Å²) in [6.45, 7) is 9.54. The Hall–Kier alpha value is -0.790. The molecule has 0 radical (unpaired) electrons. The molecule has 1 aromatic carbocycles. The second-order valence-corrected chi connectivity index (χ2v) is 4.61. The first kappa shape index (κ1) is 13.3. The predicted octanol–water partition coefficient (Wildman–Crippen LogP) is 4.05. The lowest BCUT2D eigenvalue weighted by Crippen LogP contribution is -2.26. The van der Waals surface area contributed by atoms with Gasteiger partial charge in [-0.25, -0.2) is 0 Å². The van der Waals surface area contributed by atoms with Crippen LogP contribution in [0.1, 0.15) is 31.9 Å². The van der Waals surface area contributed by atoms with Gasteiger partial charge >= 0.3 is 0 Å². The standard InChI is InChI=1S/C14H20ClN/c1-5-16-12(4)10(2)8-13-6-7-14(15)9-11(13)3/h6-9,12,16H,5H2,1-4H3/b10-8+. The lowest BCUT2D eigenvalue weighted by molar-refractivity contribution is 0.636. The summed E-state index contributed by atoms with van der Waals surface area (Å²) in [6, 6.07) is 6.42. The number of rotatable bonds is 4. The minimum Gasteiger partial charge on any atom is -0.311 e. The third-order valence-electron chi connectivity index (χ3n) is 2.81. The molecule has 2 heteroatoms. The van der Waals surface area contributed by atoms with Crippen molar-refractivity contribution < 1.29 is 0 Å². The van der Waals surface area contributed by atoms with E-state index in [1.165, 1.54) is 16.7 Å². The van der Waals surface area contributed by atoms with Crippen LogP contribution in [-0.2, 0) is 0 Å². The zero-order valence-corrected chi connectivity index (χ0v) is 11.2. The fourth-order valence-corrected chi connectivity index (χ4v) is 1.87. The summed E-state index contributed by atoms with van der Waals surface area (Å²) >= 11 is 5.93. The summed E-state index contributed by atoms with van der Waals surface area (Å²) in [5, 5.41) is 4.20. The van der Waals surface area contributed by atoms with E-state index in [0.29, 0.717) is 6.04 Å². The molecule has 0 aliphatic rings. The van der Waals surface area contributed by atoms with Gasteiger partial charge in [0.2, 0.25) is 0 Å². The van der Waals surface area contributed by atoms with Crippen molar-refractivity contribution in [1.82, 2.24) is 5.32 Å². The third kappa shape index (κ3) is 3.66. The largest absolute Gasteiger partial charge is 0.311 e. The fraction of sp³-hybridized carbons (Fsp3) is 0.429. The summed E-state index contributed by atoms with van der Waals surface area (Å²) < 4.78 is 0. The van der Waals surface area contributed by atoms with Gasteiger partial charge in [-0.05, 0) is 50.6 Å². The molecular formula is C14H20ClN. The van der Waals surface area contributed by atoms with Crippen LogP contribution in [-0.4, -0.2) is 12.6 Å². The normalized spacial score (nSPS) is 13.9. The number of likely N-dealkylation sites (N-methyl/N-ethyl adjacent to an activating group) is 1. The number of hydrogen-bond acceptors (Lipinski definition) is 1. The average Bonchev–Trinajstić information content (AvgIpc) is 2.22. The van der Waals surface area contributed by atoms with E-state index < -0.39 is 0 Å². The first-order valence-corrected chi connectivity index (χ1v) is 6.10. The molecule has 0 aliphatic heterocycles. The predicted molar refractivity (Wildman–Crippen MR) is 73.0 cm³/mol. The Bertz CT molecular complexity index is 382. The van der Waals surface area contributed by atoms with Crippen molar-refractivity contribution >= 4 is 17.7 Å². The summed E-state index contributed by atoms with van der Waals surface area (Å²) in [5.41, 5.74) is 3.80. The first-order chi connectivity index (χ1) is 7.54. The Kier molecular flexibility index (Phi) is 5.04. The Balaban J connectivity index is 2.89. The molecule has 1 unspecified atom stereocenters. The second kappa shape index (κ2) is 6.07. The topological polar surface area (TPSA) is 12.0 Å². The van der Waals surface area contributed by atoms with E-state index in [1.54, 1.807) is 0 Å². The van der Waals surface area contributed by atoms with Crippen LogP contribution in [0.2, 0.25) is 5.02 Å². The summed E-state index contributed by atoms with van der Waals surface area (Å²) in [6.07, 6.45) is 2.22. The minimum absolute atomic E-state index is 0.417. The molecule has 1 rings (SSSR count). The molecule has 88 valence electrons. The fourth-order valence-electron chi connectivity index (χ4n) is 1.64. The summed E-state index contributed by atoms with van der Waals surface area (Å²) in [7, 11) is 0. The molecule has 0 aromatic heterocycles. The summed E-state index contributed by atoms with van der Waals surface area (Å²) in [5.74, 6) is 0. The Morgan fingerprint density at radius 3 is 2.75 bits per heavy atom. The maximum atomic E-state index is 5.93. The van der Waals surface area contributed by atoms with Crippen molar-refractivity contribution in [2.45, 2.75) is 33.7 Å². The van der Waals surface area contributed by atoms with Crippen LogP contribution in [0.15, 0.2) is 23.8 Å². The SMILES string of the molecule is CCNC(C)/C(C)=C/c1ccc(Cl)cc1C. The molecule has 16 heavy (non-hydrogen) atoms. The average molecular weight is 238 g/mol. The van der Waals surface area contributed by atoms with Gasteiger partial charge in [0.1, 0.15) is 0 Å². The Morgan fingerprint density at radius 2 is 2.19 bits per heavy atom. The molecule has 1 atom stereocenters. The third-order valence-corrected chi connectivity index (χ3v) is 3.04. The van der Waals surface area contributed by atoms with Crippen molar-refractivity contribution in [2.75, 3.05) is 6.54 Å². The minimum atomic E-state index is 0.417. The Labute approximate surface area is 104 Å². The van der Waals surface area contributed by atoms with Gasteiger partial charge in [0.25, 0.3) is 0 Å². The molecule has 0 spiro atoms. The van der Waals surface area contributed by atoms with Gasteiger partial charge < -0.3 is 5.32 Å². The van der Waals surface area contributed by atoms with Crippen molar-refractivity contribution in [2.24, 2.45) is 0 Å². The van der Waals surface area contributed by atoms with Crippen LogP contribution >= 0.6 is 11.6 Å². The molecule has 1 N–H and O–H groups in total. The summed E-state index contributed by atoms with van der Waals surface area (Å²) in [4.78, 5) is 0. The van der Waals surface area contributed by atoms with Crippen LogP contribution in [0.4, 0.5) is 0 Å². The molecule has 0 fully saturated rings. The first-order valence-electron chi connectivity index (χ1n) is 5.72. The van der Waals surface area contributed by atoms with Gasteiger partial charge in [-0.15, -0.1) is 0 Å². The molecule has 0 bridgehead atoms. The van der Waals surface area contributed by atoms with Gasteiger partial charge in [-0.2, -0.15) is 0 Å². The van der Waals surface area contributed by atoms with Gasteiger partial charge in [0.15, 0.2) is 0 Å². The Morgan fingerprint density at radius 1 is 1.50 bits per heavy atom. The molecule has 0 saturated heterocycles. The lowest BCUT2D eigenvalue weighted by atomic mass is 10.0. The highest BCUT2D eigenvalue weighted by Gasteiger charge is 2.03. The van der Waals surface area contributed by atoms with Crippen molar-refractivity contribution in [3.8, 4) is 0 Å². The molecule has 0 amide bonds. The number of benzene rings is 1. The maximum Gasteiger partial charge on any atom is 0.0409 e. The van der Waals surface area contributed by atoms with Crippen LogP contribution in [0.3, 0.4) is 0 Å². The molecule has 1 nitrogen and oxygen atoms in total. The highest BCUT2D eigenvalue weighted by atomic mass is 35.5. The van der Waals surface area contributed by atoms with E-state index >= 15 is 0 Å². The number of aryl methyl sites for hydroxylation is 1.